The third kappa shape index (κ3) is 2.83. The predicted octanol–water partition coefficient (Wildman–Crippen LogP) is 3.32. The topological polar surface area (TPSA) is 41.3 Å². The summed E-state index contributed by atoms with van der Waals surface area (Å²) in [4.78, 5) is 6.56. The molecular weight excluding hydrogens is 322 g/mol. The molecule has 4 heteroatoms. The normalized spacial score (nSPS) is 17.3. The van der Waals surface area contributed by atoms with Crippen LogP contribution in [-0.2, 0) is 32.0 Å². The van der Waals surface area contributed by atoms with Gasteiger partial charge in [-0.05, 0) is 50.6 Å². The Kier molecular flexibility index (Phi) is 4.13. The molecular formula is C22H27N3O. The van der Waals surface area contributed by atoms with Crippen LogP contribution in [0.2, 0.25) is 0 Å². The minimum Gasteiger partial charge on any atom is -0.385 e. The Labute approximate surface area is 155 Å². The van der Waals surface area contributed by atoms with E-state index >= 15 is 0 Å². The Morgan fingerprint density at radius 3 is 2.81 bits per heavy atom. The van der Waals surface area contributed by atoms with Crippen molar-refractivity contribution in [2.45, 2.75) is 38.8 Å². The van der Waals surface area contributed by atoms with Gasteiger partial charge in [-0.15, -0.1) is 0 Å². The summed E-state index contributed by atoms with van der Waals surface area (Å²) in [6.07, 6.45) is 5.17. The molecule has 1 atom stereocenters. The highest BCUT2D eigenvalue weighted by Crippen LogP contribution is 2.35. The predicted molar refractivity (Wildman–Crippen MR) is 105 cm³/mol. The second kappa shape index (κ2) is 6.22. The Hall–Kier alpha value is -2.17. The summed E-state index contributed by atoms with van der Waals surface area (Å²) in [6, 6.07) is 8.36. The molecule has 1 aromatic carbocycles. The Balaban J connectivity index is 1.86. The van der Waals surface area contributed by atoms with Gasteiger partial charge in [0.2, 0.25) is 0 Å². The maximum atomic E-state index is 11.2. The zero-order valence-electron chi connectivity index (χ0n) is 16.1. The zero-order chi connectivity index (χ0) is 18.5. The van der Waals surface area contributed by atoms with E-state index < -0.39 is 5.60 Å². The Morgan fingerprint density at radius 2 is 2.08 bits per heavy atom. The molecule has 0 saturated heterocycles. The SMILES string of the molecule is Cc1cc(CC(C)(O)c2cccnc2)c2c(c1)c1c(n2C)CN(C)CC1. The first-order valence-electron chi connectivity index (χ1n) is 9.28. The summed E-state index contributed by atoms with van der Waals surface area (Å²) in [6.45, 7) is 6.12. The number of rotatable bonds is 3. The van der Waals surface area contributed by atoms with E-state index in [-0.39, 0.29) is 0 Å². The van der Waals surface area contributed by atoms with Crippen molar-refractivity contribution in [2.24, 2.45) is 7.05 Å². The lowest BCUT2D eigenvalue weighted by atomic mass is 9.88. The molecule has 3 aromatic rings. The number of likely N-dealkylation sites (N-methyl/N-ethyl adjacent to an activating group) is 1. The molecule has 1 aliphatic heterocycles. The average molecular weight is 349 g/mol. The number of aryl methyl sites for hydroxylation is 2. The molecule has 26 heavy (non-hydrogen) atoms. The van der Waals surface area contributed by atoms with E-state index in [0.717, 1.165) is 25.1 Å². The fourth-order valence-electron chi connectivity index (χ4n) is 4.38. The van der Waals surface area contributed by atoms with Crippen molar-refractivity contribution in [1.29, 1.82) is 0 Å². The van der Waals surface area contributed by atoms with E-state index in [2.05, 4.69) is 47.6 Å². The minimum atomic E-state index is -0.948. The molecule has 0 bridgehead atoms. The number of nitrogens with zero attached hydrogens (tertiary/aromatic N) is 3. The highest BCUT2D eigenvalue weighted by Gasteiger charge is 2.28. The molecule has 1 aliphatic rings. The summed E-state index contributed by atoms with van der Waals surface area (Å²) >= 11 is 0. The monoisotopic (exact) mass is 349 g/mol. The number of hydrogen-bond donors (Lipinski definition) is 1. The smallest absolute Gasteiger partial charge is 0.0924 e. The summed E-state index contributed by atoms with van der Waals surface area (Å²) < 4.78 is 2.34. The third-order valence-corrected chi connectivity index (χ3v) is 5.73. The number of hydrogen-bond acceptors (Lipinski definition) is 3. The highest BCUT2D eigenvalue weighted by atomic mass is 16.3. The van der Waals surface area contributed by atoms with Crippen molar-refractivity contribution in [2.75, 3.05) is 13.6 Å². The largest absolute Gasteiger partial charge is 0.385 e. The summed E-state index contributed by atoms with van der Waals surface area (Å²) in [7, 11) is 4.35. The van der Waals surface area contributed by atoms with Crippen LogP contribution in [0, 0.1) is 6.92 Å². The molecule has 4 rings (SSSR count). The molecule has 0 aliphatic carbocycles. The molecule has 1 unspecified atom stereocenters. The molecule has 0 radical (unpaired) electrons. The summed E-state index contributed by atoms with van der Waals surface area (Å²) in [5.74, 6) is 0. The summed E-state index contributed by atoms with van der Waals surface area (Å²) in [5.41, 5.74) is 6.51. The second-order valence-electron chi connectivity index (χ2n) is 7.98. The van der Waals surface area contributed by atoms with Crippen LogP contribution < -0.4 is 0 Å². The van der Waals surface area contributed by atoms with Crippen molar-refractivity contribution in [1.82, 2.24) is 14.5 Å². The molecule has 3 heterocycles. The van der Waals surface area contributed by atoms with Gasteiger partial charge in [0.1, 0.15) is 0 Å². The third-order valence-electron chi connectivity index (χ3n) is 5.73. The van der Waals surface area contributed by atoms with E-state index in [1.165, 1.54) is 33.3 Å². The van der Waals surface area contributed by atoms with Gasteiger partial charge in [0.25, 0.3) is 0 Å². The highest BCUT2D eigenvalue weighted by molar-refractivity contribution is 5.89. The van der Waals surface area contributed by atoms with Gasteiger partial charge >= 0.3 is 0 Å². The van der Waals surface area contributed by atoms with E-state index in [9.17, 15) is 5.11 Å². The lowest BCUT2D eigenvalue weighted by Gasteiger charge is -2.25. The van der Waals surface area contributed by atoms with Crippen LogP contribution in [0.3, 0.4) is 0 Å². The van der Waals surface area contributed by atoms with Gasteiger partial charge in [0, 0.05) is 55.6 Å². The van der Waals surface area contributed by atoms with Crippen LogP contribution in [0.5, 0.6) is 0 Å². The number of benzene rings is 1. The van der Waals surface area contributed by atoms with Crippen LogP contribution in [0.25, 0.3) is 10.9 Å². The number of pyridine rings is 1. The van der Waals surface area contributed by atoms with Gasteiger partial charge in [0.15, 0.2) is 0 Å². The molecule has 4 nitrogen and oxygen atoms in total. The lowest BCUT2D eigenvalue weighted by molar-refractivity contribution is 0.0575. The van der Waals surface area contributed by atoms with Gasteiger partial charge < -0.3 is 14.6 Å². The van der Waals surface area contributed by atoms with E-state index in [1.807, 2.05) is 19.1 Å². The van der Waals surface area contributed by atoms with E-state index in [1.54, 1.807) is 12.4 Å². The molecule has 0 spiro atoms. The van der Waals surface area contributed by atoms with E-state index in [0.29, 0.717) is 6.42 Å². The first-order valence-corrected chi connectivity index (χ1v) is 9.28. The van der Waals surface area contributed by atoms with Crippen molar-refractivity contribution in [3.63, 3.8) is 0 Å². The van der Waals surface area contributed by atoms with Gasteiger partial charge in [-0.25, -0.2) is 0 Å². The quantitative estimate of drug-likeness (QED) is 0.789. The fourth-order valence-corrected chi connectivity index (χ4v) is 4.38. The molecule has 2 aromatic heterocycles. The average Bonchev–Trinajstić information content (AvgIpc) is 2.87. The van der Waals surface area contributed by atoms with Crippen LogP contribution in [0.1, 0.15) is 34.9 Å². The zero-order valence-corrected chi connectivity index (χ0v) is 16.1. The van der Waals surface area contributed by atoms with Crippen LogP contribution in [-0.4, -0.2) is 33.1 Å². The van der Waals surface area contributed by atoms with Crippen LogP contribution in [0.4, 0.5) is 0 Å². The molecule has 0 fully saturated rings. The standard InChI is InChI=1S/C22H27N3O/c1-15-10-16(12-22(2,26)17-6-5-8-23-13-17)21-19(11-15)18-7-9-24(3)14-20(18)25(21)4/h5-6,8,10-11,13,26H,7,9,12,14H2,1-4H3. The van der Waals surface area contributed by atoms with Gasteiger partial charge in [-0.3, -0.25) is 4.98 Å². The van der Waals surface area contributed by atoms with Crippen molar-refractivity contribution in [3.8, 4) is 0 Å². The number of aromatic nitrogens is 2. The first-order chi connectivity index (χ1) is 12.4. The number of fused-ring (bicyclic) bond motifs is 3. The second-order valence-corrected chi connectivity index (χ2v) is 7.98. The van der Waals surface area contributed by atoms with Gasteiger partial charge in [-0.2, -0.15) is 0 Å². The minimum absolute atomic E-state index is 0.573. The van der Waals surface area contributed by atoms with Crippen LogP contribution in [0.15, 0.2) is 36.7 Å². The van der Waals surface area contributed by atoms with Crippen molar-refractivity contribution >= 4 is 10.9 Å². The molecule has 0 saturated carbocycles. The first kappa shape index (κ1) is 17.3. The summed E-state index contributed by atoms with van der Waals surface area (Å²) in [5, 5.41) is 12.5. The van der Waals surface area contributed by atoms with Gasteiger partial charge in [-0.1, -0.05) is 17.7 Å². The Bertz CT molecular complexity index is 957. The lowest BCUT2D eigenvalue weighted by Crippen LogP contribution is -2.27. The molecule has 1 N–H and O–H groups in total. The van der Waals surface area contributed by atoms with E-state index in [4.69, 9.17) is 0 Å². The number of aliphatic hydroxyl groups is 1. The maximum absolute atomic E-state index is 11.2. The van der Waals surface area contributed by atoms with Crippen molar-refractivity contribution < 1.29 is 5.11 Å². The molecule has 136 valence electrons. The van der Waals surface area contributed by atoms with Crippen LogP contribution >= 0.6 is 0 Å². The van der Waals surface area contributed by atoms with Gasteiger partial charge in [0.05, 0.1) is 11.1 Å². The fraction of sp³-hybridized carbons (Fsp3) is 0.409. The molecule has 0 amide bonds. The maximum Gasteiger partial charge on any atom is 0.0924 e. The Morgan fingerprint density at radius 1 is 1.27 bits per heavy atom. The van der Waals surface area contributed by atoms with Crippen molar-refractivity contribution in [3.05, 3.63) is 64.6 Å².